The molecule has 2 aliphatic heterocycles. The molecule has 2 heteroatoms. The smallest absolute Gasteiger partial charge is 0.0444 e. The molecule has 0 fully saturated rings. The second kappa shape index (κ2) is 11.7. The van der Waals surface area contributed by atoms with Gasteiger partial charge in [0.25, 0.3) is 0 Å². The maximum absolute atomic E-state index is 2.60. The van der Waals surface area contributed by atoms with Gasteiger partial charge in [0.1, 0.15) is 0 Å². The zero-order valence-corrected chi connectivity index (χ0v) is 29.1. The number of rotatable bonds is 4. The highest BCUT2D eigenvalue weighted by molar-refractivity contribution is 6.26. The monoisotopic (exact) mass is 666 g/mol. The Morgan fingerprint density at radius 3 is 1.69 bits per heavy atom. The van der Waals surface area contributed by atoms with Crippen molar-refractivity contribution in [3.63, 3.8) is 0 Å². The molecule has 0 atom stereocenters. The predicted octanol–water partition coefficient (Wildman–Crippen LogP) is 13.1. The third-order valence-electron chi connectivity index (χ3n) is 11.9. The van der Waals surface area contributed by atoms with Gasteiger partial charge < -0.3 is 9.80 Å². The van der Waals surface area contributed by atoms with Gasteiger partial charge in [-0.2, -0.15) is 0 Å². The first-order valence-electron chi connectivity index (χ1n) is 18.8. The zero-order valence-electron chi connectivity index (χ0n) is 29.1. The normalized spacial score (nSPS) is 15.4. The number of nitrogens with zero attached hydrogens (tertiary/aromatic N) is 2. The van der Waals surface area contributed by atoms with Crippen LogP contribution < -0.4 is 9.80 Å². The quantitative estimate of drug-likeness (QED) is 0.173. The average molecular weight is 667 g/mol. The van der Waals surface area contributed by atoms with Crippen LogP contribution in [-0.4, -0.2) is 13.1 Å². The Balaban J connectivity index is 1.27. The summed E-state index contributed by atoms with van der Waals surface area (Å²) < 4.78 is 0. The van der Waals surface area contributed by atoms with Gasteiger partial charge in [-0.3, -0.25) is 0 Å². The Morgan fingerprint density at radius 1 is 0.423 bits per heavy atom. The van der Waals surface area contributed by atoms with Crippen molar-refractivity contribution in [3.8, 4) is 22.3 Å². The van der Waals surface area contributed by atoms with Crippen molar-refractivity contribution in [2.24, 2.45) is 0 Å². The van der Waals surface area contributed by atoms with Crippen LogP contribution in [0.25, 0.3) is 65.3 Å². The summed E-state index contributed by atoms with van der Waals surface area (Å²) in [7, 11) is 0. The molecular weight excluding hydrogens is 629 g/mol. The van der Waals surface area contributed by atoms with Gasteiger partial charge in [0, 0.05) is 35.8 Å². The van der Waals surface area contributed by atoms with E-state index in [9.17, 15) is 0 Å². The summed E-state index contributed by atoms with van der Waals surface area (Å²) in [6.07, 6.45) is 9.12. The highest BCUT2D eigenvalue weighted by Gasteiger charge is 2.27. The molecule has 0 N–H and O–H groups in total. The molecule has 3 aliphatic rings. The van der Waals surface area contributed by atoms with Gasteiger partial charge in [0.2, 0.25) is 0 Å². The Morgan fingerprint density at radius 2 is 1.00 bits per heavy atom. The molecule has 52 heavy (non-hydrogen) atoms. The Bertz CT molecular complexity index is 2810. The van der Waals surface area contributed by atoms with Crippen molar-refractivity contribution in [2.45, 2.75) is 25.7 Å². The van der Waals surface area contributed by atoms with Gasteiger partial charge in [-0.15, -0.1) is 0 Å². The second-order valence-corrected chi connectivity index (χ2v) is 14.6. The lowest BCUT2D eigenvalue weighted by Crippen LogP contribution is -2.18. The summed E-state index contributed by atoms with van der Waals surface area (Å²) in [4.78, 5) is 5.12. The summed E-state index contributed by atoms with van der Waals surface area (Å²) in [5.41, 5.74) is 13.5. The molecule has 1 aliphatic carbocycles. The fourth-order valence-electron chi connectivity index (χ4n) is 9.50. The second-order valence-electron chi connectivity index (χ2n) is 14.6. The van der Waals surface area contributed by atoms with E-state index in [1.54, 1.807) is 0 Å². The molecule has 0 saturated carbocycles. The molecule has 0 spiro atoms. The average Bonchev–Trinajstić information content (AvgIpc) is 3.84. The van der Waals surface area contributed by atoms with Crippen LogP contribution in [0.15, 0.2) is 169 Å². The van der Waals surface area contributed by atoms with E-state index in [1.165, 1.54) is 99.2 Å². The van der Waals surface area contributed by atoms with Crippen LogP contribution in [0.5, 0.6) is 0 Å². The molecule has 0 saturated heterocycles. The van der Waals surface area contributed by atoms with Crippen LogP contribution in [0, 0.1) is 0 Å². The first kappa shape index (κ1) is 29.6. The lowest BCUT2D eigenvalue weighted by molar-refractivity contribution is 0.885. The largest absolute Gasteiger partial charge is 0.344 e. The molecule has 0 unspecified atom stereocenters. The summed E-state index contributed by atoms with van der Waals surface area (Å²) in [5, 5.41) is 10.3. The van der Waals surface area contributed by atoms with Gasteiger partial charge in [0.05, 0.1) is 0 Å². The van der Waals surface area contributed by atoms with Gasteiger partial charge in [-0.25, -0.2) is 0 Å². The third-order valence-corrected chi connectivity index (χ3v) is 11.9. The van der Waals surface area contributed by atoms with Gasteiger partial charge in [-0.05, 0) is 132 Å². The minimum Gasteiger partial charge on any atom is -0.344 e. The summed E-state index contributed by atoms with van der Waals surface area (Å²) in [6, 6.07) is 54.9. The van der Waals surface area contributed by atoms with Gasteiger partial charge in [-0.1, -0.05) is 127 Å². The number of benzene rings is 8. The molecule has 11 rings (SSSR count). The molecule has 8 aromatic carbocycles. The van der Waals surface area contributed by atoms with Gasteiger partial charge >= 0.3 is 0 Å². The first-order valence-corrected chi connectivity index (χ1v) is 18.8. The Kier molecular flexibility index (Phi) is 6.67. The zero-order chi connectivity index (χ0) is 34.2. The third kappa shape index (κ3) is 4.50. The summed E-state index contributed by atoms with van der Waals surface area (Å²) in [6.45, 7) is 2.03. The molecular formula is C50H38N2. The topological polar surface area (TPSA) is 6.48 Å². The highest BCUT2D eigenvalue weighted by Crippen LogP contribution is 2.49. The molecule has 0 amide bonds. The van der Waals surface area contributed by atoms with Crippen molar-refractivity contribution < 1.29 is 0 Å². The fourth-order valence-corrected chi connectivity index (χ4v) is 9.50. The number of fused-ring (bicyclic) bond motifs is 5. The van der Waals surface area contributed by atoms with E-state index in [-0.39, 0.29) is 0 Å². The van der Waals surface area contributed by atoms with Crippen LogP contribution >= 0.6 is 0 Å². The lowest BCUT2D eigenvalue weighted by atomic mass is 9.83. The van der Waals surface area contributed by atoms with E-state index < -0.39 is 0 Å². The minimum absolute atomic E-state index is 0.991. The summed E-state index contributed by atoms with van der Waals surface area (Å²) in [5.74, 6) is 0. The minimum atomic E-state index is 0.991. The molecule has 2 nitrogen and oxygen atoms in total. The van der Waals surface area contributed by atoms with E-state index in [4.69, 9.17) is 0 Å². The van der Waals surface area contributed by atoms with Crippen LogP contribution in [0.1, 0.15) is 24.8 Å². The van der Waals surface area contributed by atoms with Crippen molar-refractivity contribution in [2.75, 3.05) is 22.9 Å². The maximum Gasteiger partial charge on any atom is 0.0444 e. The van der Waals surface area contributed by atoms with Crippen molar-refractivity contribution >= 4 is 60.2 Å². The van der Waals surface area contributed by atoms with E-state index in [0.717, 1.165) is 38.8 Å². The van der Waals surface area contributed by atoms with Gasteiger partial charge in [0.15, 0.2) is 0 Å². The number of hydrogen-bond acceptors (Lipinski definition) is 2. The SMILES string of the molecule is C1=CC2=C(CC1)N(c1ccc3c(-c4cccc5ccccc45)c4cc(N5CCc6ccccc65)ccc4c(-c4cccc5ccccc45)c3c1)CC2. The molecule has 0 radical (unpaired) electrons. The number of anilines is 3. The van der Waals surface area contributed by atoms with Crippen LogP contribution in [0.2, 0.25) is 0 Å². The van der Waals surface area contributed by atoms with Crippen LogP contribution in [-0.2, 0) is 6.42 Å². The number of hydrogen-bond donors (Lipinski definition) is 0. The molecule has 0 aromatic heterocycles. The van der Waals surface area contributed by atoms with E-state index in [2.05, 4.69) is 168 Å². The van der Waals surface area contributed by atoms with Crippen molar-refractivity contribution in [1.29, 1.82) is 0 Å². The Labute approximate surface area is 304 Å². The molecule has 0 bridgehead atoms. The Hall–Kier alpha value is -6.12. The molecule has 2 heterocycles. The van der Waals surface area contributed by atoms with Crippen LogP contribution in [0.4, 0.5) is 17.1 Å². The number of allylic oxidation sites excluding steroid dienone is 3. The van der Waals surface area contributed by atoms with Crippen molar-refractivity contribution in [3.05, 3.63) is 175 Å². The molecule has 8 aromatic rings. The lowest BCUT2D eigenvalue weighted by Gasteiger charge is -2.26. The highest BCUT2D eigenvalue weighted by atomic mass is 15.2. The summed E-state index contributed by atoms with van der Waals surface area (Å²) >= 11 is 0. The van der Waals surface area contributed by atoms with E-state index in [0.29, 0.717) is 0 Å². The molecule has 248 valence electrons. The first-order chi connectivity index (χ1) is 25.8. The number of para-hydroxylation sites is 1. The maximum atomic E-state index is 2.60. The standard InChI is InChI=1S/C50H38N2/c1-5-17-39-33(11-1)15-9-19-41(39)49-43-25-23-38(52-30-28-36-14-4-8-22-48(36)52)32-46(43)50(42-20-10-16-34-12-2-6-18-40(34)42)44-26-24-37(31-45(44)49)51-29-27-35-13-3-7-21-47(35)51/h1-7,9-21,23-26,31-32H,8,22,27-30H2. The fraction of sp³-hybridized carbons (Fsp3) is 0.120. The van der Waals surface area contributed by atoms with Crippen molar-refractivity contribution in [1.82, 2.24) is 0 Å². The predicted molar refractivity (Wildman–Crippen MR) is 222 cm³/mol. The van der Waals surface area contributed by atoms with Crippen LogP contribution in [0.3, 0.4) is 0 Å². The van der Waals surface area contributed by atoms with E-state index in [1.807, 2.05) is 0 Å². The van der Waals surface area contributed by atoms with E-state index >= 15 is 0 Å².